The molecule has 0 aliphatic carbocycles. The summed E-state index contributed by atoms with van der Waals surface area (Å²) in [5.41, 5.74) is 1.49. The minimum atomic E-state index is -3.97. The van der Waals surface area contributed by atoms with Crippen LogP contribution >= 0.6 is 0 Å². The SMILES string of the molecule is C[C@@H](C(=O)NC(c1ccccc1)c1ccccc1)N(c1ccc(F)c(F)c1)S(C)(=O)=O. The Bertz CT molecular complexity index is 1120. The van der Waals surface area contributed by atoms with Gasteiger partial charge in [-0.3, -0.25) is 9.10 Å². The monoisotopic (exact) mass is 444 g/mol. The molecule has 0 aliphatic rings. The van der Waals surface area contributed by atoms with Gasteiger partial charge in [0.05, 0.1) is 18.0 Å². The third kappa shape index (κ3) is 5.27. The van der Waals surface area contributed by atoms with Crippen molar-refractivity contribution < 1.29 is 22.0 Å². The minimum absolute atomic E-state index is 0.139. The van der Waals surface area contributed by atoms with Crippen LogP contribution in [0.3, 0.4) is 0 Å². The van der Waals surface area contributed by atoms with Gasteiger partial charge in [0.2, 0.25) is 15.9 Å². The van der Waals surface area contributed by atoms with Gasteiger partial charge in [0, 0.05) is 6.07 Å². The number of carbonyl (C=O) groups excluding carboxylic acids is 1. The molecule has 0 unspecified atom stereocenters. The smallest absolute Gasteiger partial charge is 0.244 e. The third-order valence-electron chi connectivity index (χ3n) is 4.80. The van der Waals surface area contributed by atoms with Crippen LogP contribution in [0.1, 0.15) is 24.1 Å². The lowest BCUT2D eigenvalue weighted by atomic mass is 9.98. The maximum absolute atomic E-state index is 13.7. The molecule has 162 valence electrons. The highest BCUT2D eigenvalue weighted by Crippen LogP contribution is 2.25. The Balaban J connectivity index is 1.95. The normalized spacial score (nSPS) is 12.4. The molecule has 3 aromatic rings. The van der Waals surface area contributed by atoms with E-state index in [4.69, 9.17) is 0 Å². The second-order valence-corrected chi connectivity index (χ2v) is 8.96. The molecule has 1 N–H and O–H groups in total. The molecular formula is C23H22F2N2O3S. The van der Waals surface area contributed by atoms with Gasteiger partial charge >= 0.3 is 0 Å². The minimum Gasteiger partial charge on any atom is -0.343 e. The van der Waals surface area contributed by atoms with E-state index < -0.39 is 39.6 Å². The van der Waals surface area contributed by atoms with E-state index in [9.17, 15) is 22.0 Å². The molecule has 3 aromatic carbocycles. The number of amides is 1. The van der Waals surface area contributed by atoms with Crippen molar-refractivity contribution in [1.29, 1.82) is 0 Å². The van der Waals surface area contributed by atoms with E-state index in [1.165, 1.54) is 6.92 Å². The molecule has 0 aromatic heterocycles. The van der Waals surface area contributed by atoms with Crippen molar-refractivity contribution in [2.45, 2.75) is 19.0 Å². The van der Waals surface area contributed by atoms with Crippen LogP contribution in [-0.4, -0.2) is 26.6 Å². The van der Waals surface area contributed by atoms with E-state index in [0.29, 0.717) is 0 Å². The van der Waals surface area contributed by atoms with Crippen LogP contribution in [0, 0.1) is 11.6 Å². The zero-order valence-corrected chi connectivity index (χ0v) is 17.8. The number of rotatable bonds is 7. The largest absolute Gasteiger partial charge is 0.343 e. The molecule has 31 heavy (non-hydrogen) atoms. The van der Waals surface area contributed by atoms with Crippen molar-refractivity contribution in [1.82, 2.24) is 5.32 Å². The van der Waals surface area contributed by atoms with Crippen LogP contribution in [0.4, 0.5) is 14.5 Å². The second kappa shape index (κ2) is 9.26. The first kappa shape index (κ1) is 22.4. The van der Waals surface area contributed by atoms with Gasteiger partial charge in [-0.2, -0.15) is 0 Å². The summed E-state index contributed by atoms with van der Waals surface area (Å²) in [4.78, 5) is 13.1. The first-order valence-electron chi connectivity index (χ1n) is 9.53. The summed E-state index contributed by atoms with van der Waals surface area (Å²) in [7, 11) is -3.97. The van der Waals surface area contributed by atoms with Crippen molar-refractivity contribution >= 4 is 21.6 Å². The molecule has 0 saturated carbocycles. The zero-order chi connectivity index (χ0) is 22.6. The average molecular weight is 445 g/mol. The van der Waals surface area contributed by atoms with Crippen molar-refractivity contribution in [2.24, 2.45) is 0 Å². The first-order valence-corrected chi connectivity index (χ1v) is 11.4. The average Bonchev–Trinajstić information content (AvgIpc) is 2.74. The molecule has 0 saturated heterocycles. The fourth-order valence-corrected chi connectivity index (χ4v) is 4.51. The van der Waals surface area contributed by atoms with Crippen molar-refractivity contribution in [3.63, 3.8) is 0 Å². The van der Waals surface area contributed by atoms with Gasteiger partial charge in [0.1, 0.15) is 6.04 Å². The van der Waals surface area contributed by atoms with E-state index in [1.807, 2.05) is 60.7 Å². The topological polar surface area (TPSA) is 66.5 Å². The molecule has 0 radical (unpaired) electrons. The van der Waals surface area contributed by atoms with E-state index in [1.54, 1.807) is 0 Å². The summed E-state index contributed by atoms with van der Waals surface area (Å²) in [6, 6.07) is 19.4. The van der Waals surface area contributed by atoms with Gasteiger partial charge in [0.25, 0.3) is 0 Å². The molecule has 0 heterocycles. The maximum atomic E-state index is 13.7. The Hall–Kier alpha value is -3.26. The van der Waals surface area contributed by atoms with E-state index in [-0.39, 0.29) is 5.69 Å². The molecule has 0 fully saturated rings. The summed E-state index contributed by atoms with van der Waals surface area (Å²) in [6.07, 6.45) is 0.907. The molecule has 8 heteroatoms. The number of nitrogens with zero attached hydrogens (tertiary/aromatic N) is 1. The summed E-state index contributed by atoms with van der Waals surface area (Å²) < 4.78 is 52.7. The summed E-state index contributed by atoms with van der Waals surface area (Å²) in [5, 5.41) is 2.88. The maximum Gasteiger partial charge on any atom is 0.244 e. The summed E-state index contributed by atoms with van der Waals surface area (Å²) in [6.45, 7) is 1.39. The molecule has 0 spiro atoms. The summed E-state index contributed by atoms with van der Waals surface area (Å²) in [5.74, 6) is -2.90. The Morgan fingerprint density at radius 2 is 1.39 bits per heavy atom. The third-order valence-corrected chi connectivity index (χ3v) is 6.04. The standard InChI is InChI=1S/C23H22F2N2O3S/c1-16(27(31(2,29)30)19-13-14-20(24)21(25)15-19)23(28)26-22(17-9-5-3-6-10-17)18-11-7-4-8-12-18/h3-16,22H,1-2H3,(H,26,28)/t16-/m0/s1. The lowest BCUT2D eigenvalue weighted by molar-refractivity contribution is -0.122. The predicted octanol–water partition coefficient (Wildman–Crippen LogP) is 4.03. The molecule has 1 amide bonds. The van der Waals surface area contributed by atoms with Crippen LogP contribution in [-0.2, 0) is 14.8 Å². The number of anilines is 1. The highest BCUT2D eigenvalue weighted by Gasteiger charge is 2.31. The number of nitrogens with one attached hydrogen (secondary N) is 1. The number of benzene rings is 3. The Labute approximate surface area is 180 Å². The molecular weight excluding hydrogens is 422 g/mol. The first-order chi connectivity index (χ1) is 14.7. The molecule has 1 atom stereocenters. The van der Waals surface area contributed by atoms with Crippen LogP contribution in [0.15, 0.2) is 78.9 Å². The van der Waals surface area contributed by atoms with Gasteiger partial charge in [-0.05, 0) is 30.2 Å². The van der Waals surface area contributed by atoms with E-state index >= 15 is 0 Å². The van der Waals surface area contributed by atoms with Gasteiger partial charge in [0.15, 0.2) is 11.6 Å². The zero-order valence-electron chi connectivity index (χ0n) is 17.0. The van der Waals surface area contributed by atoms with Crippen LogP contribution in [0.25, 0.3) is 0 Å². The molecule has 5 nitrogen and oxygen atoms in total. The lowest BCUT2D eigenvalue weighted by Crippen LogP contribution is -2.48. The highest BCUT2D eigenvalue weighted by molar-refractivity contribution is 7.92. The van der Waals surface area contributed by atoms with E-state index in [2.05, 4.69) is 5.32 Å². The fourth-order valence-electron chi connectivity index (χ4n) is 3.34. The lowest BCUT2D eigenvalue weighted by Gasteiger charge is -2.30. The van der Waals surface area contributed by atoms with Crippen LogP contribution in [0.2, 0.25) is 0 Å². The number of halogens is 2. The van der Waals surface area contributed by atoms with Crippen molar-refractivity contribution in [3.05, 3.63) is 102 Å². The van der Waals surface area contributed by atoms with Crippen LogP contribution < -0.4 is 9.62 Å². The molecule has 3 rings (SSSR count). The molecule has 0 bridgehead atoms. The van der Waals surface area contributed by atoms with Crippen LogP contribution in [0.5, 0.6) is 0 Å². The molecule has 0 aliphatic heterocycles. The Kier molecular flexibility index (Phi) is 6.70. The predicted molar refractivity (Wildman–Crippen MR) is 116 cm³/mol. The Morgan fingerprint density at radius 3 is 1.84 bits per heavy atom. The fraction of sp³-hybridized carbons (Fsp3) is 0.174. The van der Waals surface area contributed by atoms with Gasteiger partial charge < -0.3 is 5.32 Å². The number of sulfonamides is 1. The van der Waals surface area contributed by atoms with E-state index in [0.717, 1.165) is 39.9 Å². The van der Waals surface area contributed by atoms with Gasteiger partial charge in [-0.1, -0.05) is 60.7 Å². The van der Waals surface area contributed by atoms with Gasteiger partial charge in [-0.15, -0.1) is 0 Å². The van der Waals surface area contributed by atoms with Crippen molar-refractivity contribution in [3.8, 4) is 0 Å². The second-order valence-electron chi connectivity index (χ2n) is 7.10. The van der Waals surface area contributed by atoms with Crippen molar-refractivity contribution in [2.75, 3.05) is 10.6 Å². The number of hydrogen-bond acceptors (Lipinski definition) is 3. The van der Waals surface area contributed by atoms with Gasteiger partial charge in [-0.25, -0.2) is 17.2 Å². The highest BCUT2D eigenvalue weighted by atomic mass is 32.2. The quantitative estimate of drug-likeness (QED) is 0.599. The number of hydrogen-bond donors (Lipinski definition) is 1. The summed E-state index contributed by atoms with van der Waals surface area (Å²) >= 11 is 0. The number of carbonyl (C=O) groups is 1. The Morgan fingerprint density at radius 1 is 0.871 bits per heavy atom.